The Labute approximate surface area is 83.8 Å². The Kier molecular flexibility index (Phi) is 4.06. The zero-order chi connectivity index (χ0) is 10.6. The number of rotatable bonds is 3. The molecule has 0 saturated carbocycles. The van der Waals surface area contributed by atoms with Crippen LogP contribution in [0.1, 0.15) is 6.42 Å². The molecule has 0 bridgehead atoms. The van der Waals surface area contributed by atoms with Gasteiger partial charge in [-0.05, 0) is 0 Å². The third-order valence-corrected chi connectivity index (χ3v) is 2.68. The number of amides is 1. The molecule has 82 valence electrons. The highest BCUT2D eigenvalue weighted by Crippen LogP contribution is 2.18. The Morgan fingerprint density at radius 3 is 2.79 bits per heavy atom. The molecule has 1 heterocycles. The van der Waals surface area contributed by atoms with Crippen LogP contribution in [0.25, 0.3) is 0 Å². The van der Waals surface area contributed by atoms with Crippen molar-refractivity contribution in [3.8, 4) is 0 Å². The van der Waals surface area contributed by atoms with Crippen LogP contribution in [0.4, 0.5) is 13.2 Å². The van der Waals surface area contributed by atoms with Crippen LogP contribution in [0, 0.1) is 0 Å². The molecular formula is C7H11F3N2OS. The van der Waals surface area contributed by atoms with E-state index in [0.717, 1.165) is 0 Å². The first-order valence-corrected chi connectivity index (χ1v) is 5.30. The number of carbonyl (C=O) groups excluding carboxylic acids is 1. The zero-order valence-electron chi connectivity index (χ0n) is 7.36. The zero-order valence-corrected chi connectivity index (χ0v) is 8.17. The van der Waals surface area contributed by atoms with E-state index < -0.39 is 12.6 Å². The summed E-state index contributed by atoms with van der Waals surface area (Å²) >= 11 is 1.56. The van der Waals surface area contributed by atoms with Gasteiger partial charge >= 0.3 is 6.18 Å². The summed E-state index contributed by atoms with van der Waals surface area (Å²) in [6.45, 7) is -0.342. The minimum absolute atomic E-state index is 0.340. The lowest BCUT2D eigenvalue weighted by atomic mass is 10.3. The van der Waals surface area contributed by atoms with Crippen LogP contribution >= 0.6 is 11.8 Å². The van der Waals surface area contributed by atoms with Gasteiger partial charge in [0.1, 0.15) is 0 Å². The molecule has 0 radical (unpaired) electrons. The molecular weight excluding hydrogens is 217 g/mol. The van der Waals surface area contributed by atoms with Crippen LogP contribution in [0.2, 0.25) is 0 Å². The Bertz CT molecular complexity index is 204. The van der Waals surface area contributed by atoms with Gasteiger partial charge in [-0.25, -0.2) is 0 Å². The van der Waals surface area contributed by atoms with Gasteiger partial charge in [0.2, 0.25) is 5.91 Å². The Hall–Kier alpha value is -0.430. The van der Waals surface area contributed by atoms with Crippen molar-refractivity contribution in [2.45, 2.75) is 18.6 Å². The molecule has 14 heavy (non-hydrogen) atoms. The largest absolute Gasteiger partial charge is 0.390 e. The molecule has 3 nitrogen and oxygen atoms in total. The van der Waals surface area contributed by atoms with E-state index in [4.69, 9.17) is 0 Å². The number of alkyl halides is 3. The van der Waals surface area contributed by atoms with E-state index in [0.29, 0.717) is 11.6 Å². The smallest absolute Gasteiger partial charge is 0.354 e. The fourth-order valence-electron chi connectivity index (χ4n) is 1.01. The Morgan fingerprint density at radius 2 is 2.29 bits per heavy atom. The Morgan fingerprint density at radius 1 is 1.57 bits per heavy atom. The van der Waals surface area contributed by atoms with Crippen molar-refractivity contribution in [2.75, 3.05) is 18.2 Å². The molecule has 0 aromatic heterocycles. The van der Waals surface area contributed by atoms with Gasteiger partial charge in [-0.3, -0.25) is 10.1 Å². The highest BCUT2D eigenvalue weighted by Gasteiger charge is 2.28. The summed E-state index contributed by atoms with van der Waals surface area (Å²) in [6, 6.07) is -0.340. The quantitative estimate of drug-likeness (QED) is 0.747. The lowest BCUT2D eigenvalue weighted by Gasteiger charge is -2.11. The highest BCUT2D eigenvalue weighted by molar-refractivity contribution is 7.99. The fourth-order valence-corrected chi connectivity index (χ4v) is 1.96. The van der Waals surface area contributed by atoms with E-state index in [2.05, 4.69) is 10.6 Å². The second-order valence-electron chi connectivity index (χ2n) is 2.93. The summed E-state index contributed by atoms with van der Waals surface area (Å²) in [5.41, 5.74) is 0. The molecule has 1 saturated heterocycles. The van der Waals surface area contributed by atoms with E-state index >= 15 is 0 Å². The maximum atomic E-state index is 11.7. The van der Waals surface area contributed by atoms with Crippen LogP contribution < -0.4 is 10.6 Å². The number of halogens is 3. The van der Waals surface area contributed by atoms with Crippen LogP contribution in [-0.2, 0) is 4.79 Å². The topological polar surface area (TPSA) is 41.1 Å². The summed E-state index contributed by atoms with van der Waals surface area (Å²) in [7, 11) is 0. The number of hydrogen-bond acceptors (Lipinski definition) is 3. The minimum atomic E-state index is -4.20. The lowest BCUT2D eigenvalue weighted by Crippen LogP contribution is -2.42. The van der Waals surface area contributed by atoms with Crippen LogP contribution in [0.3, 0.4) is 0 Å². The first-order chi connectivity index (χ1) is 6.49. The number of carbonyl (C=O) groups is 1. The second kappa shape index (κ2) is 4.88. The molecule has 1 aliphatic heterocycles. The molecule has 1 rings (SSSR count). The SMILES string of the molecule is O=C(NCCC(F)(F)F)[C@H]1CSCN1. The lowest BCUT2D eigenvalue weighted by molar-refractivity contribution is -0.135. The van der Waals surface area contributed by atoms with Crippen LogP contribution in [-0.4, -0.2) is 36.3 Å². The highest BCUT2D eigenvalue weighted by atomic mass is 32.2. The van der Waals surface area contributed by atoms with Crippen molar-refractivity contribution in [3.63, 3.8) is 0 Å². The molecule has 0 aliphatic carbocycles. The monoisotopic (exact) mass is 228 g/mol. The van der Waals surface area contributed by atoms with Gasteiger partial charge in [-0.2, -0.15) is 13.2 Å². The van der Waals surface area contributed by atoms with Gasteiger partial charge in [-0.15, -0.1) is 11.8 Å². The summed E-state index contributed by atoms with van der Waals surface area (Å²) in [5, 5.41) is 5.12. The third-order valence-electron chi connectivity index (χ3n) is 1.74. The fraction of sp³-hybridized carbons (Fsp3) is 0.857. The van der Waals surface area contributed by atoms with Gasteiger partial charge in [0.05, 0.1) is 12.5 Å². The maximum Gasteiger partial charge on any atom is 0.390 e. The van der Waals surface area contributed by atoms with Crippen molar-refractivity contribution in [2.24, 2.45) is 0 Å². The molecule has 1 amide bonds. The van der Waals surface area contributed by atoms with Crippen molar-refractivity contribution < 1.29 is 18.0 Å². The van der Waals surface area contributed by atoms with Crippen molar-refractivity contribution in [1.82, 2.24) is 10.6 Å². The second-order valence-corrected chi connectivity index (χ2v) is 3.96. The molecule has 1 atom stereocenters. The summed E-state index contributed by atoms with van der Waals surface area (Å²) < 4.78 is 35.1. The van der Waals surface area contributed by atoms with Gasteiger partial charge in [-0.1, -0.05) is 0 Å². The standard InChI is InChI=1S/C7H11F3N2OS/c8-7(9,10)1-2-11-6(13)5-3-14-4-12-5/h5,12H,1-4H2,(H,11,13)/t5-/m1/s1. The average Bonchev–Trinajstić information content (AvgIpc) is 2.53. The van der Waals surface area contributed by atoms with Gasteiger partial charge < -0.3 is 5.32 Å². The molecule has 1 aliphatic rings. The van der Waals surface area contributed by atoms with E-state index in [1.54, 1.807) is 11.8 Å². The molecule has 1 fully saturated rings. The number of nitrogens with one attached hydrogen (secondary N) is 2. The van der Waals surface area contributed by atoms with Gasteiger partial charge in [0, 0.05) is 18.2 Å². The molecule has 0 aromatic rings. The summed E-state index contributed by atoms with van der Waals surface area (Å²) in [5.74, 6) is 0.953. The van der Waals surface area contributed by atoms with E-state index in [9.17, 15) is 18.0 Å². The number of thioether (sulfide) groups is 1. The van der Waals surface area contributed by atoms with Crippen molar-refractivity contribution >= 4 is 17.7 Å². The van der Waals surface area contributed by atoms with Crippen LogP contribution in [0.15, 0.2) is 0 Å². The predicted molar refractivity (Wildman–Crippen MR) is 47.9 cm³/mol. The number of hydrogen-bond donors (Lipinski definition) is 2. The third kappa shape index (κ3) is 4.19. The first-order valence-electron chi connectivity index (χ1n) is 4.14. The molecule has 2 N–H and O–H groups in total. The molecule has 0 aromatic carbocycles. The molecule has 7 heteroatoms. The minimum Gasteiger partial charge on any atom is -0.354 e. The summed E-state index contributed by atoms with van der Waals surface area (Å²) in [6.07, 6.45) is -5.18. The van der Waals surface area contributed by atoms with Crippen molar-refractivity contribution in [3.05, 3.63) is 0 Å². The predicted octanol–water partition coefficient (Wildman–Crippen LogP) is 0.718. The van der Waals surface area contributed by atoms with Crippen LogP contribution in [0.5, 0.6) is 0 Å². The maximum absolute atomic E-state index is 11.7. The average molecular weight is 228 g/mol. The Balaban J connectivity index is 2.15. The molecule has 0 spiro atoms. The van der Waals surface area contributed by atoms with Gasteiger partial charge in [0.25, 0.3) is 0 Å². The summed E-state index contributed by atoms with van der Waals surface area (Å²) in [4.78, 5) is 11.2. The first kappa shape index (κ1) is 11.6. The van der Waals surface area contributed by atoms with E-state index in [1.807, 2.05) is 0 Å². The normalized spacial score (nSPS) is 22.4. The van der Waals surface area contributed by atoms with E-state index in [1.165, 1.54) is 0 Å². The molecule has 0 unspecified atom stereocenters. The van der Waals surface area contributed by atoms with Gasteiger partial charge in [0.15, 0.2) is 0 Å². The van der Waals surface area contributed by atoms with Crippen molar-refractivity contribution in [1.29, 1.82) is 0 Å². The van der Waals surface area contributed by atoms with E-state index in [-0.39, 0.29) is 18.5 Å².